The van der Waals surface area contributed by atoms with E-state index in [1.807, 2.05) is 18.2 Å². The summed E-state index contributed by atoms with van der Waals surface area (Å²) in [6.07, 6.45) is 2.60. The molecule has 0 aliphatic heterocycles. The van der Waals surface area contributed by atoms with Gasteiger partial charge in [0.1, 0.15) is 10.7 Å². The van der Waals surface area contributed by atoms with Crippen molar-refractivity contribution >= 4 is 23.3 Å². The molecule has 1 amide bonds. The van der Waals surface area contributed by atoms with E-state index in [1.165, 1.54) is 0 Å². The third kappa shape index (κ3) is 2.77. The molecule has 0 radical (unpaired) electrons. The number of aromatic nitrogens is 3. The predicted octanol–water partition coefficient (Wildman–Crippen LogP) is 1.28. The number of hydrogen-bond donors (Lipinski definition) is 4. The Morgan fingerprint density at radius 3 is 2.82 bits per heavy atom. The highest BCUT2D eigenvalue weighted by Gasteiger charge is 2.36. The second kappa shape index (κ2) is 5.94. The fourth-order valence-corrected chi connectivity index (χ4v) is 2.77. The van der Waals surface area contributed by atoms with Gasteiger partial charge in [0.05, 0.1) is 17.8 Å². The third-order valence-electron chi connectivity index (χ3n) is 3.87. The second-order valence-electron chi connectivity index (χ2n) is 5.39. The van der Waals surface area contributed by atoms with Crippen molar-refractivity contribution in [3.8, 4) is 0 Å². The molecule has 1 atom stereocenters. The van der Waals surface area contributed by atoms with Gasteiger partial charge in [-0.2, -0.15) is 5.10 Å². The molecule has 22 heavy (non-hydrogen) atoms. The zero-order valence-electron chi connectivity index (χ0n) is 11.7. The molecule has 2 aromatic rings. The van der Waals surface area contributed by atoms with E-state index in [1.54, 1.807) is 6.20 Å². The Kier molecular flexibility index (Phi) is 4.00. The van der Waals surface area contributed by atoms with Crippen molar-refractivity contribution in [2.45, 2.75) is 25.0 Å². The van der Waals surface area contributed by atoms with Gasteiger partial charge in [0.25, 0.3) is 5.91 Å². The minimum atomic E-state index is -0.397. The molecule has 1 aliphatic carbocycles. The number of nitrogens with zero attached hydrogens (tertiary/aromatic N) is 2. The van der Waals surface area contributed by atoms with Crippen LogP contribution in [0, 0.1) is 5.92 Å². The number of nitrogens with one attached hydrogen (secondary N) is 2. The minimum Gasteiger partial charge on any atom is -0.393 e. The summed E-state index contributed by atoms with van der Waals surface area (Å²) in [7, 11) is 0. The van der Waals surface area contributed by atoms with E-state index in [9.17, 15) is 9.90 Å². The molecule has 2 aromatic heterocycles. The highest BCUT2D eigenvalue weighted by atomic mass is 35.5. The fraction of sp³-hybridized carbons (Fsp3) is 0.357. The first-order valence-electron chi connectivity index (χ1n) is 6.95. The number of amides is 1. The number of nitrogen functional groups attached to an aromatic ring is 1. The summed E-state index contributed by atoms with van der Waals surface area (Å²) in [5.41, 5.74) is 6.41. The number of aliphatic hydroxyl groups excluding tert-OH is 1. The predicted molar refractivity (Wildman–Crippen MR) is 81.2 cm³/mol. The highest BCUT2D eigenvalue weighted by Crippen LogP contribution is 2.37. The summed E-state index contributed by atoms with van der Waals surface area (Å²) in [5, 5.41) is 18.8. The van der Waals surface area contributed by atoms with Crippen LogP contribution in [0.2, 0.25) is 5.02 Å². The van der Waals surface area contributed by atoms with Crippen LogP contribution in [0.5, 0.6) is 0 Å². The summed E-state index contributed by atoms with van der Waals surface area (Å²) in [6.45, 7) is 0. The zero-order valence-corrected chi connectivity index (χ0v) is 12.4. The Bertz CT molecular complexity index is 669. The number of carbonyl (C=O) groups excluding carboxylic acids is 1. The van der Waals surface area contributed by atoms with Gasteiger partial charge >= 0.3 is 0 Å². The van der Waals surface area contributed by atoms with Crippen LogP contribution in [0.4, 0.5) is 5.82 Å². The molecule has 5 N–H and O–H groups in total. The number of carbonyl (C=O) groups is 1. The summed E-state index contributed by atoms with van der Waals surface area (Å²) in [5.74, 6) is -0.181. The van der Waals surface area contributed by atoms with Crippen LogP contribution in [0.15, 0.2) is 24.4 Å². The van der Waals surface area contributed by atoms with Gasteiger partial charge in [-0.05, 0) is 30.9 Å². The molecular formula is C14H16ClN5O2. The van der Waals surface area contributed by atoms with Crippen molar-refractivity contribution in [1.29, 1.82) is 0 Å². The van der Waals surface area contributed by atoms with E-state index in [4.69, 9.17) is 17.3 Å². The van der Waals surface area contributed by atoms with Crippen LogP contribution < -0.4 is 11.1 Å². The molecule has 116 valence electrons. The van der Waals surface area contributed by atoms with Crippen molar-refractivity contribution in [2.75, 3.05) is 5.73 Å². The van der Waals surface area contributed by atoms with Crippen LogP contribution in [-0.2, 0) is 0 Å². The molecule has 0 bridgehead atoms. The van der Waals surface area contributed by atoms with Crippen LogP contribution in [0.3, 0.4) is 0 Å². The molecule has 2 heterocycles. The summed E-state index contributed by atoms with van der Waals surface area (Å²) >= 11 is 5.95. The maximum absolute atomic E-state index is 12.4. The average Bonchev–Trinajstić information content (AvgIpc) is 2.82. The zero-order chi connectivity index (χ0) is 15.7. The van der Waals surface area contributed by atoms with Gasteiger partial charge < -0.3 is 16.2 Å². The molecule has 7 nitrogen and oxygen atoms in total. The molecule has 8 heteroatoms. The Balaban J connectivity index is 1.81. The molecule has 0 spiro atoms. The fourth-order valence-electron chi connectivity index (χ4n) is 2.60. The van der Waals surface area contributed by atoms with Crippen LogP contribution in [0.25, 0.3) is 0 Å². The number of pyridine rings is 1. The van der Waals surface area contributed by atoms with Gasteiger partial charge in [0.15, 0.2) is 5.82 Å². The van der Waals surface area contributed by atoms with Gasteiger partial charge in [0, 0.05) is 6.20 Å². The van der Waals surface area contributed by atoms with Crippen molar-refractivity contribution in [1.82, 2.24) is 20.5 Å². The third-order valence-corrected chi connectivity index (χ3v) is 4.26. The Morgan fingerprint density at radius 2 is 2.27 bits per heavy atom. The van der Waals surface area contributed by atoms with E-state index in [2.05, 4.69) is 20.5 Å². The normalized spacial score (nSPS) is 21.9. The number of nitrogens with two attached hydrogens (primary N) is 1. The largest absolute Gasteiger partial charge is 0.393 e. The number of rotatable bonds is 4. The molecule has 1 aliphatic rings. The average molecular weight is 322 g/mol. The Hall–Kier alpha value is -2.12. The van der Waals surface area contributed by atoms with Gasteiger partial charge in [0.2, 0.25) is 0 Å². The van der Waals surface area contributed by atoms with Crippen molar-refractivity contribution < 1.29 is 9.90 Å². The summed E-state index contributed by atoms with van der Waals surface area (Å²) in [4.78, 5) is 16.7. The van der Waals surface area contributed by atoms with Crippen LogP contribution in [0.1, 0.15) is 35.1 Å². The summed E-state index contributed by atoms with van der Waals surface area (Å²) in [6, 6.07) is 5.22. The van der Waals surface area contributed by atoms with Gasteiger partial charge in [-0.1, -0.05) is 17.7 Å². The number of hydrogen-bond acceptors (Lipinski definition) is 5. The monoisotopic (exact) mass is 321 g/mol. The number of H-pyrrole nitrogens is 1. The van der Waals surface area contributed by atoms with Crippen molar-refractivity contribution in [3.05, 3.63) is 40.8 Å². The van der Waals surface area contributed by atoms with E-state index in [0.29, 0.717) is 12.8 Å². The van der Waals surface area contributed by atoms with E-state index in [-0.39, 0.29) is 34.6 Å². The smallest absolute Gasteiger partial charge is 0.271 e. The lowest BCUT2D eigenvalue weighted by Gasteiger charge is -2.37. The van der Waals surface area contributed by atoms with E-state index in [0.717, 1.165) is 5.69 Å². The first-order valence-corrected chi connectivity index (χ1v) is 7.33. The van der Waals surface area contributed by atoms with Crippen molar-refractivity contribution in [3.63, 3.8) is 0 Å². The number of anilines is 1. The molecule has 1 saturated carbocycles. The quantitative estimate of drug-likeness (QED) is 0.677. The molecule has 0 aromatic carbocycles. The molecule has 1 fully saturated rings. The van der Waals surface area contributed by atoms with E-state index < -0.39 is 5.91 Å². The lowest BCUT2D eigenvalue weighted by molar-refractivity contribution is 0.0227. The Morgan fingerprint density at radius 1 is 1.50 bits per heavy atom. The topological polar surface area (TPSA) is 117 Å². The van der Waals surface area contributed by atoms with Gasteiger partial charge in [-0.25, -0.2) is 0 Å². The first-order chi connectivity index (χ1) is 10.6. The van der Waals surface area contributed by atoms with Crippen LogP contribution >= 0.6 is 11.6 Å². The lowest BCUT2D eigenvalue weighted by atomic mass is 9.76. The highest BCUT2D eigenvalue weighted by molar-refractivity contribution is 6.35. The minimum absolute atomic E-state index is 0.0836. The first kappa shape index (κ1) is 14.8. The Labute approximate surface area is 131 Å². The summed E-state index contributed by atoms with van der Waals surface area (Å²) < 4.78 is 0. The SMILES string of the molecule is Nc1n[nH]c(C(=O)N[C@@H](c2ccccn2)C2CC(O)C2)c1Cl. The molecular weight excluding hydrogens is 306 g/mol. The lowest BCUT2D eigenvalue weighted by Crippen LogP contribution is -2.42. The van der Waals surface area contributed by atoms with E-state index >= 15 is 0 Å². The molecule has 3 rings (SSSR count). The molecule has 0 saturated heterocycles. The second-order valence-corrected chi connectivity index (χ2v) is 5.77. The maximum atomic E-state index is 12.4. The molecule has 0 unspecified atom stereocenters. The maximum Gasteiger partial charge on any atom is 0.271 e. The van der Waals surface area contributed by atoms with Gasteiger partial charge in [-0.15, -0.1) is 0 Å². The number of halogens is 1. The van der Waals surface area contributed by atoms with Gasteiger partial charge in [-0.3, -0.25) is 14.9 Å². The van der Waals surface area contributed by atoms with Crippen LogP contribution in [-0.4, -0.2) is 32.3 Å². The standard InChI is InChI=1S/C14H16ClN5O2/c15-10-12(19-20-13(10)16)14(22)18-11(7-5-8(21)6-7)9-3-1-2-4-17-9/h1-4,7-8,11,21H,5-6H2,(H,18,22)(H3,16,19,20)/t7?,8?,11-/m1/s1. The van der Waals surface area contributed by atoms with Crippen molar-refractivity contribution in [2.24, 2.45) is 5.92 Å². The number of aliphatic hydroxyl groups is 1. The number of aromatic amines is 1.